The van der Waals surface area contributed by atoms with Gasteiger partial charge in [-0.05, 0) is 67.4 Å². The quantitative estimate of drug-likeness (QED) is 0.455. The molecule has 1 fully saturated rings. The average Bonchev–Trinajstić information content (AvgIpc) is 2.85. The second-order valence-electron chi connectivity index (χ2n) is 8.11. The van der Waals surface area contributed by atoms with E-state index >= 15 is 0 Å². The first-order valence-corrected chi connectivity index (χ1v) is 11.4. The van der Waals surface area contributed by atoms with E-state index in [2.05, 4.69) is 16.0 Å². The number of hydrogen-bond acceptors (Lipinski definition) is 3. The third-order valence-corrected chi connectivity index (χ3v) is 5.84. The van der Waals surface area contributed by atoms with Gasteiger partial charge in [0.25, 0.3) is 5.91 Å². The number of hydrogen-bond donors (Lipinski definition) is 3. The lowest BCUT2D eigenvalue weighted by molar-refractivity contribution is -0.121. The number of piperidine rings is 1. The van der Waals surface area contributed by atoms with Gasteiger partial charge in [0.15, 0.2) is 0 Å². The van der Waals surface area contributed by atoms with E-state index in [-0.39, 0.29) is 23.8 Å². The fourth-order valence-electron chi connectivity index (χ4n) is 3.88. The van der Waals surface area contributed by atoms with Gasteiger partial charge in [0.2, 0.25) is 5.91 Å². The predicted molar refractivity (Wildman–Crippen MR) is 134 cm³/mol. The van der Waals surface area contributed by atoms with Gasteiger partial charge in [0.05, 0.1) is 5.92 Å². The molecule has 1 unspecified atom stereocenters. The number of para-hydroxylation sites is 1. The summed E-state index contributed by atoms with van der Waals surface area (Å²) in [6, 6.07) is 22.5. The monoisotopic (exact) mass is 476 g/mol. The van der Waals surface area contributed by atoms with E-state index in [9.17, 15) is 14.4 Å². The van der Waals surface area contributed by atoms with Crippen LogP contribution in [0.4, 0.5) is 21.9 Å². The Bertz CT molecular complexity index is 1170. The van der Waals surface area contributed by atoms with Crippen LogP contribution >= 0.6 is 11.6 Å². The molecule has 3 aromatic rings. The molecule has 1 heterocycles. The van der Waals surface area contributed by atoms with Gasteiger partial charge in [-0.1, -0.05) is 35.9 Å². The zero-order chi connectivity index (χ0) is 23.9. The number of halogens is 1. The van der Waals surface area contributed by atoms with Gasteiger partial charge in [-0.15, -0.1) is 0 Å². The zero-order valence-electron chi connectivity index (χ0n) is 18.5. The van der Waals surface area contributed by atoms with Gasteiger partial charge >= 0.3 is 6.03 Å². The number of nitrogens with one attached hydrogen (secondary N) is 3. The van der Waals surface area contributed by atoms with Crippen LogP contribution in [0.2, 0.25) is 5.02 Å². The molecule has 0 saturated carbocycles. The maximum absolute atomic E-state index is 12.9. The van der Waals surface area contributed by atoms with Crippen LogP contribution in [0, 0.1) is 5.92 Å². The van der Waals surface area contributed by atoms with E-state index in [1.54, 1.807) is 65.6 Å². The summed E-state index contributed by atoms with van der Waals surface area (Å²) in [6.07, 6.45) is 1.45. The first-order chi connectivity index (χ1) is 16.5. The maximum atomic E-state index is 12.9. The van der Waals surface area contributed by atoms with E-state index in [1.165, 1.54) is 0 Å². The minimum Gasteiger partial charge on any atom is -0.338 e. The zero-order valence-corrected chi connectivity index (χ0v) is 19.2. The standard InChI is InChI=1S/C26H25ClN4O3/c27-20-13-11-18(12-14-20)25(33)31-15-5-6-19(17-31)24(32)28-22-9-4-10-23(16-22)30-26(34)29-21-7-2-1-3-8-21/h1-4,7-14,16,19H,5-6,15,17H2,(H,28,32)(H2,29,30,34). The molecule has 1 atom stereocenters. The summed E-state index contributed by atoms with van der Waals surface area (Å²) in [4.78, 5) is 39.7. The molecule has 34 heavy (non-hydrogen) atoms. The lowest BCUT2D eigenvalue weighted by atomic mass is 9.96. The molecule has 0 radical (unpaired) electrons. The fraction of sp³-hybridized carbons (Fsp3) is 0.192. The van der Waals surface area contributed by atoms with E-state index in [1.807, 2.05) is 18.2 Å². The smallest absolute Gasteiger partial charge is 0.323 e. The molecule has 8 heteroatoms. The van der Waals surface area contributed by atoms with Crippen LogP contribution in [0.1, 0.15) is 23.2 Å². The summed E-state index contributed by atoms with van der Waals surface area (Å²) in [6.45, 7) is 0.964. The minimum absolute atomic E-state index is 0.107. The summed E-state index contributed by atoms with van der Waals surface area (Å²) in [7, 11) is 0. The van der Waals surface area contributed by atoms with E-state index < -0.39 is 0 Å². The number of likely N-dealkylation sites (tertiary alicyclic amines) is 1. The Morgan fingerprint density at radius 2 is 1.44 bits per heavy atom. The summed E-state index contributed by atoms with van der Waals surface area (Å²) in [5, 5.41) is 9.00. The van der Waals surface area contributed by atoms with Crippen molar-refractivity contribution in [3.05, 3.63) is 89.4 Å². The topological polar surface area (TPSA) is 90.5 Å². The number of carbonyl (C=O) groups excluding carboxylic acids is 3. The van der Waals surface area contributed by atoms with Crippen LogP contribution in [0.5, 0.6) is 0 Å². The third-order valence-electron chi connectivity index (χ3n) is 5.59. The van der Waals surface area contributed by atoms with Crippen molar-refractivity contribution >= 4 is 46.5 Å². The molecule has 1 aliphatic heterocycles. The van der Waals surface area contributed by atoms with Crippen LogP contribution in [-0.2, 0) is 4.79 Å². The van der Waals surface area contributed by atoms with Crippen LogP contribution in [0.25, 0.3) is 0 Å². The molecule has 1 saturated heterocycles. The van der Waals surface area contributed by atoms with Crippen molar-refractivity contribution in [3.63, 3.8) is 0 Å². The molecular formula is C26H25ClN4O3. The summed E-state index contributed by atoms with van der Waals surface area (Å²) >= 11 is 5.91. The maximum Gasteiger partial charge on any atom is 0.323 e. The molecule has 0 aliphatic carbocycles. The highest BCUT2D eigenvalue weighted by Gasteiger charge is 2.29. The highest BCUT2D eigenvalue weighted by Crippen LogP contribution is 2.22. The van der Waals surface area contributed by atoms with Crippen molar-refractivity contribution < 1.29 is 14.4 Å². The Balaban J connectivity index is 1.34. The number of benzene rings is 3. The molecule has 0 bridgehead atoms. The third kappa shape index (κ3) is 6.14. The number of amides is 4. The number of urea groups is 1. The van der Waals surface area contributed by atoms with Crippen LogP contribution in [0.3, 0.4) is 0 Å². The lowest BCUT2D eigenvalue weighted by Crippen LogP contribution is -2.43. The lowest BCUT2D eigenvalue weighted by Gasteiger charge is -2.32. The van der Waals surface area contributed by atoms with E-state index in [4.69, 9.17) is 11.6 Å². The molecule has 1 aliphatic rings. The van der Waals surface area contributed by atoms with Crippen LogP contribution < -0.4 is 16.0 Å². The van der Waals surface area contributed by atoms with E-state index in [0.717, 1.165) is 6.42 Å². The van der Waals surface area contributed by atoms with Gasteiger partial charge in [0, 0.05) is 40.7 Å². The number of nitrogens with zero attached hydrogens (tertiary/aromatic N) is 1. The number of anilines is 3. The Kier molecular flexibility index (Phi) is 7.44. The van der Waals surface area contributed by atoms with Gasteiger partial charge in [0.1, 0.15) is 0 Å². The molecule has 7 nitrogen and oxygen atoms in total. The highest BCUT2D eigenvalue weighted by atomic mass is 35.5. The Morgan fingerprint density at radius 1 is 0.794 bits per heavy atom. The largest absolute Gasteiger partial charge is 0.338 e. The Hall–Kier alpha value is -3.84. The molecule has 4 amide bonds. The first-order valence-electron chi connectivity index (χ1n) is 11.1. The van der Waals surface area contributed by atoms with Crippen LogP contribution in [0.15, 0.2) is 78.9 Å². The molecule has 174 valence electrons. The molecule has 4 rings (SSSR count). The molecule has 0 spiro atoms. The van der Waals surface area contributed by atoms with Crippen molar-refractivity contribution in [3.8, 4) is 0 Å². The normalized spacial score (nSPS) is 15.3. The first kappa shape index (κ1) is 23.3. The van der Waals surface area contributed by atoms with Crippen molar-refractivity contribution in [1.82, 2.24) is 4.90 Å². The molecule has 3 N–H and O–H groups in total. The van der Waals surface area contributed by atoms with Gasteiger partial charge in [-0.2, -0.15) is 0 Å². The van der Waals surface area contributed by atoms with E-state index in [0.29, 0.717) is 47.2 Å². The summed E-state index contributed by atoms with van der Waals surface area (Å²) in [5.74, 6) is -0.577. The minimum atomic E-state index is -0.377. The average molecular weight is 477 g/mol. The second-order valence-corrected chi connectivity index (χ2v) is 8.55. The predicted octanol–water partition coefficient (Wildman–Crippen LogP) is 5.47. The molecular weight excluding hydrogens is 452 g/mol. The van der Waals surface area contributed by atoms with Crippen molar-refractivity contribution in [2.24, 2.45) is 5.92 Å². The molecule has 0 aromatic heterocycles. The van der Waals surface area contributed by atoms with Crippen molar-refractivity contribution in [1.29, 1.82) is 0 Å². The summed E-state index contributed by atoms with van der Waals surface area (Å²) in [5.41, 5.74) is 2.36. The second kappa shape index (κ2) is 10.9. The van der Waals surface area contributed by atoms with Gasteiger partial charge in [-0.25, -0.2) is 4.79 Å². The number of carbonyl (C=O) groups is 3. The fourth-order valence-corrected chi connectivity index (χ4v) is 4.01. The van der Waals surface area contributed by atoms with Crippen molar-refractivity contribution in [2.45, 2.75) is 12.8 Å². The number of rotatable bonds is 5. The van der Waals surface area contributed by atoms with Gasteiger partial charge in [-0.3, -0.25) is 9.59 Å². The van der Waals surface area contributed by atoms with Crippen molar-refractivity contribution in [2.75, 3.05) is 29.0 Å². The SMILES string of the molecule is O=C(Nc1ccccc1)Nc1cccc(NC(=O)C2CCCN(C(=O)c3ccc(Cl)cc3)C2)c1. The van der Waals surface area contributed by atoms with Gasteiger partial charge < -0.3 is 20.9 Å². The van der Waals surface area contributed by atoms with Crippen LogP contribution in [-0.4, -0.2) is 35.8 Å². The Morgan fingerprint density at radius 3 is 2.18 bits per heavy atom. The Labute approximate surface area is 203 Å². The highest BCUT2D eigenvalue weighted by molar-refractivity contribution is 6.30. The molecule has 3 aromatic carbocycles. The summed E-state index contributed by atoms with van der Waals surface area (Å²) < 4.78 is 0.